The molecular weight excluding hydrogens is 226 g/mol. The third-order valence-electron chi connectivity index (χ3n) is 2.82. The van der Waals surface area contributed by atoms with Gasteiger partial charge in [-0.15, -0.1) is 0 Å². The molecule has 1 heterocycles. The Balaban J connectivity index is 2.30. The molecule has 0 aliphatic carbocycles. The van der Waals surface area contributed by atoms with Crippen LogP contribution in [0.25, 0.3) is 11.4 Å². The van der Waals surface area contributed by atoms with Crippen molar-refractivity contribution < 1.29 is 0 Å². The van der Waals surface area contributed by atoms with Gasteiger partial charge in [-0.1, -0.05) is 0 Å². The van der Waals surface area contributed by atoms with Gasteiger partial charge in [-0.05, 0) is 30.8 Å². The van der Waals surface area contributed by atoms with Crippen molar-refractivity contribution >= 4 is 5.69 Å². The summed E-state index contributed by atoms with van der Waals surface area (Å²) in [6.07, 6.45) is 0.712. The van der Waals surface area contributed by atoms with Crippen LogP contribution in [0.5, 0.6) is 0 Å². The maximum Gasteiger partial charge on any atom is 0.158 e. The number of anilines is 1. The summed E-state index contributed by atoms with van der Waals surface area (Å²) in [5, 5.41) is 4.35. The average Bonchev–Trinajstić information content (AvgIpc) is 2.71. The first-order chi connectivity index (χ1) is 8.61. The first-order valence-corrected chi connectivity index (χ1v) is 5.99. The summed E-state index contributed by atoms with van der Waals surface area (Å²) < 4.78 is 1.80. The van der Waals surface area contributed by atoms with Gasteiger partial charge in [-0.3, -0.25) is 0 Å². The Kier molecular flexibility index (Phi) is 3.62. The Bertz CT molecular complexity index is 513. The maximum atomic E-state index is 5.52. The van der Waals surface area contributed by atoms with Crippen LogP contribution in [0.15, 0.2) is 24.3 Å². The molecule has 0 bridgehead atoms. The third-order valence-corrected chi connectivity index (χ3v) is 2.82. The van der Waals surface area contributed by atoms with E-state index in [0.717, 1.165) is 17.2 Å². The molecule has 0 amide bonds. The quantitative estimate of drug-likeness (QED) is 0.874. The SMILES string of the molecule is CN(C)c1ccc(-c2nc(CCN)nn2C)cc1. The van der Waals surface area contributed by atoms with Gasteiger partial charge in [-0.25, -0.2) is 9.67 Å². The summed E-state index contributed by atoms with van der Waals surface area (Å²) in [4.78, 5) is 6.57. The molecule has 2 N–H and O–H groups in total. The fourth-order valence-corrected chi connectivity index (χ4v) is 1.83. The molecule has 0 unspecified atom stereocenters. The molecule has 1 aromatic heterocycles. The van der Waals surface area contributed by atoms with E-state index in [1.54, 1.807) is 4.68 Å². The van der Waals surface area contributed by atoms with Crippen LogP contribution >= 0.6 is 0 Å². The van der Waals surface area contributed by atoms with Gasteiger partial charge < -0.3 is 10.6 Å². The highest BCUT2D eigenvalue weighted by molar-refractivity contribution is 5.60. The van der Waals surface area contributed by atoms with E-state index in [2.05, 4.69) is 39.2 Å². The number of nitrogens with two attached hydrogens (primary N) is 1. The monoisotopic (exact) mass is 245 g/mol. The number of rotatable bonds is 4. The van der Waals surface area contributed by atoms with Gasteiger partial charge >= 0.3 is 0 Å². The molecule has 0 spiro atoms. The lowest BCUT2D eigenvalue weighted by atomic mass is 10.2. The summed E-state index contributed by atoms with van der Waals surface area (Å²) in [7, 11) is 5.95. The van der Waals surface area contributed by atoms with E-state index in [9.17, 15) is 0 Å². The maximum absolute atomic E-state index is 5.52. The van der Waals surface area contributed by atoms with Crippen molar-refractivity contribution in [2.45, 2.75) is 6.42 Å². The molecule has 18 heavy (non-hydrogen) atoms. The number of aryl methyl sites for hydroxylation is 1. The number of aromatic nitrogens is 3. The summed E-state index contributed by atoms with van der Waals surface area (Å²) in [5.74, 6) is 1.68. The van der Waals surface area contributed by atoms with Crippen molar-refractivity contribution in [2.24, 2.45) is 12.8 Å². The second kappa shape index (κ2) is 5.18. The van der Waals surface area contributed by atoms with E-state index >= 15 is 0 Å². The number of hydrogen-bond acceptors (Lipinski definition) is 4. The molecule has 0 saturated carbocycles. The molecule has 0 aliphatic heterocycles. The van der Waals surface area contributed by atoms with Crippen molar-refractivity contribution in [3.63, 3.8) is 0 Å². The Morgan fingerprint density at radius 1 is 1.22 bits per heavy atom. The van der Waals surface area contributed by atoms with Gasteiger partial charge in [0.15, 0.2) is 11.6 Å². The predicted molar refractivity (Wildman–Crippen MR) is 73.5 cm³/mol. The molecule has 0 atom stereocenters. The molecule has 0 aliphatic rings. The first kappa shape index (κ1) is 12.6. The van der Waals surface area contributed by atoms with Crippen LogP contribution in [0, 0.1) is 0 Å². The van der Waals surface area contributed by atoms with Crippen LogP contribution in [-0.4, -0.2) is 35.4 Å². The van der Waals surface area contributed by atoms with E-state index in [1.165, 1.54) is 5.69 Å². The molecular formula is C13H19N5. The van der Waals surface area contributed by atoms with E-state index < -0.39 is 0 Å². The highest BCUT2D eigenvalue weighted by atomic mass is 15.3. The van der Waals surface area contributed by atoms with Crippen LogP contribution in [0.2, 0.25) is 0 Å². The van der Waals surface area contributed by atoms with Crippen molar-refractivity contribution in [2.75, 3.05) is 25.5 Å². The largest absolute Gasteiger partial charge is 0.378 e. The average molecular weight is 245 g/mol. The molecule has 0 saturated heterocycles. The summed E-state index contributed by atoms with van der Waals surface area (Å²) in [6, 6.07) is 8.27. The number of nitrogens with zero attached hydrogens (tertiary/aromatic N) is 4. The minimum Gasteiger partial charge on any atom is -0.378 e. The van der Waals surface area contributed by atoms with E-state index in [0.29, 0.717) is 13.0 Å². The Labute approximate surface area is 107 Å². The van der Waals surface area contributed by atoms with Gasteiger partial charge in [0.25, 0.3) is 0 Å². The highest BCUT2D eigenvalue weighted by Crippen LogP contribution is 2.20. The predicted octanol–water partition coefficient (Wildman–Crippen LogP) is 1.05. The Morgan fingerprint density at radius 3 is 2.44 bits per heavy atom. The molecule has 0 radical (unpaired) electrons. The van der Waals surface area contributed by atoms with Gasteiger partial charge in [0.2, 0.25) is 0 Å². The van der Waals surface area contributed by atoms with Crippen LogP contribution in [0.1, 0.15) is 5.82 Å². The van der Waals surface area contributed by atoms with Gasteiger partial charge in [0.05, 0.1) is 0 Å². The fraction of sp³-hybridized carbons (Fsp3) is 0.385. The zero-order valence-corrected chi connectivity index (χ0v) is 11.1. The lowest BCUT2D eigenvalue weighted by Crippen LogP contribution is -2.08. The molecule has 2 rings (SSSR count). The fourth-order valence-electron chi connectivity index (χ4n) is 1.83. The van der Waals surface area contributed by atoms with Gasteiger partial charge in [0.1, 0.15) is 0 Å². The van der Waals surface area contributed by atoms with Crippen molar-refractivity contribution in [1.29, 1.82) is 0 Å². The molecule has 5 heteroatoms. The molecule has 2 aromatic rings. The van der Waals surface area contributed by atoms with Crippen LogP contribution < -0.4 is 10.6 Å². The lowest BCUT2D eigenvalue weighted by molar-refractivity contribution is 0.744. The van der Waals surface area contributed by atoms with Gasteiger partial charge in [0, 0.05) is 38.8 Å². The van der Waals surface area contributed by atoms with E-state index in [4.69, 9.17) is 5.73 Å². The molecule has 1 aromatic carbocycles. The smallest absolute Gasteiger partial charge is 0.158 e. The Hall–Kier alpha value is -1.88. The summed E-state index contributed by atoms with van der Waals surface area (Å²) >= 11 is 0. The topological polar surface area (TPSA) is 60.0 Å². The first-order valence-electron chi connectivity index (χ1n) is 5.99. The van der Waals surface area contributed by atoms with Crippen molar-refractivity contribution in [1.82, 2.24) is 14.8 Å². The Morgan fingerprint density at radius 2 is 1.89 bits per heavy atom. The third kappa shape index (κ3) is 2.51. The number of hydrogen-bond donors (Lipinski definition) is 1. The van der Waals surface area contributed by atoms with Gasteiger partial charge in [-0.2, -0.15) is 5.10 Å². The van der Waals surface area contributed by atoms with Crippen LogP contribution in [-0.2, 0) is 13.5 Å². The molecule has 0 fully saturated rings. The van der Waals surface area contributed by atoms with Crippen LogP contribution in [0.4, 0.5) is 5.69 Å². The summed E-state index contributed by atoms with van der Waals surface area (Å²) in [6.45, 7) is 0.572. The normalized spacial score (nSPS) is 10.7. The van der Waals surface area contributed by atoms with Crippen molar-refractivity contribution in [3.8, 4) is 11.4 Å². The number of benzene rings is 1. The van der Waals surface area contributed by atoms with Crippen LogP contribution in [0.3, 0.4) is 0 Å². The standard InChI is InChI=1S/C13H19N5/c1-17(2)11-6-4-10(5-7-11)13-15-12(8-9-14)16-18(13)3/h4-7H,8-9,14H2,1-3H3. The molecule has 96 valence electrons. The second-order valence-corrected chi connectivity index (χ2v) is 4.46. The minimum atomic E-state index is 0.572. The van der Waals surface area contributed by atoms with E-state index in [1.807, 2.05) is 21.1 Å². The van der Waals surface area contributed by atoms with Crippen molar-refractivity contribution in [3.05, 3.63) is 30.1 Å². The zero-order chi connectivity index (χ0) is 13.1. The molecule has 5 nitrogen and oxygen atoms in total. The zero-order valence-electron chi connectivity index (χ0n) is 11.1. The summed E-state index contributed by atoms with van der Waals surface area (Å²) in [5.41, 5.74) is 7.75. The lowest BCUT2D eigenvalue weighted by Gasteiger charge is -2.12. The van der Waals surface area contributed by atoms with E-state index in [-0.39, 0.29) is 0 Å². The second-order valence-electron chi connectivity index (χ2n) is 4.46. The highest BCUT2D eigenvalue weighted by Gasteiger charge is 2.08. The minimum absolute atomic E-state index is 0.572.